The number of benzene rings is 1. The minimum absolute atomic E-state index is 0.00815. The van der Waals surface area contributed by atoms with Gasteiger partial charge in [0.15, 0.2) is 0 Å². The van der Waals surface area contributed by atoms with E-state index >= 15 is 0 Å². The molecule has 0 spiro atoms. The molecule has 0 aliphatic rings. The fourth-order valence-corrected chi connectivity index (χ4v) is 1.31. The van der Waals surface area contributed by atoms with Crippen molar-refractivity contribution in [3.8, 4) is 5.75 Å². The molecular formula is C12H14F2N2O4. The highest BCUT2D eigenvalue weighted by atomic mass is 19.3. The minimum atomic E-state index is -2.89. The summed E-state index contributed by atoms with van der Waals surface area (Å²) in [5, 5.41) is 0. The first-order chi connectivity index (χ1) is 9.51. The normalized spacial score (nSPS) is 10.0. The summed E-state index contributed by atoms with van der Waals surface area (Å²) in [7, 11) is 0. The fourth-order valence-electron chi connectivity index (χ4n) is 1.31. The number of carbonyl (C=O) groups excluding carboxylic acids is 2. The van der Waals surface area contributed by atoms with E-state index in [2.05, 4.69) is 20.3 Å². The second-order valence-electron chi connectivity index (χ2n) is 3.59. The van der Waals surface area contributed by atoms with Crippen LogP contribution < -0.4 is 15.6 Å². The van der Waals surface area contributed by atoms with Gasteiger partial charge in [0.25, 0.3) is 0 Å². The molecule has 0 radical (unpaired) electrons. The predicted octanol–water partition coefficient (Wildman–Crippen LogP) is 1.61. The van der Waals surface area contributed by atoms with Crippen molar-refractivity contribution in [3.05, 3.63) is 29.8 Å². The van der Waals surface area contributed by atoms with Gasteiger partial charge in [-0.25, -0.2) is 10.2 Å². The van der Waals surface area contributed by atoms with Crippen molar-refractivity contribution >= 4 is 12.0 Å². The number of nitrogens with one attached hydrogen (secondary N) is 2. The van der Waals surface area contributed by atoms with Crippen molar-refractivity contribution in [2.75, 3.05) is 6.61 Å². The highest BCUT2D eigenvalue weighted by Crippen LogP contribution is 2.15. The monoisotopic (exact) mass is 288 g/mol. The molecule has 0 unspecified atom stereocenters. The van der Waals surface area contributed by atoms with E-state index in [0.29, 0.717) is 5.56 Å². The summed E-state index contributed by atoms with van der Waals surface area (Å²) >= 11 is 0. The van der Waals surface area contributed by atoms with Crippen LogP contribution in [0, 0.1) is 0 Å². The summed E-state index contributed by atoms with van der Waals surface area (Å²) < 4.78 is 32.6. The van der Waals surface area contributed by atoms with Crippen LogP contribution in [0.1, 0.15) is 12.5 Å². The van der Waals surface area contributed by atoms with Gasteiger partial charge in [-0.3, -0.25) is 10.2 Å². The maximum absolute atomic E-state index is 11.9. The molecule has 0 aliphatic heterocycles. The summed E-state index contributed by atoms with van der Waals surface area (Å²) in [4.78, 5) is 22.4. The maximum Gasteiger partial charge on any atom is 0.426 e. The molecule has 0 bridgehead atoms. The lowest BCUT2D eigenvalue weighted by atomic mass is 10.1. The largest absolute Gasteiger partial charge is 0.449 e. The van der Waals surface area contributed by atoms with Crippen LogP contribution in [-0.4, -0.2) is 25.2 Å². The van der Waals surface area contributed by atoms with E-state index in [1.165, 1.54) is 24.3 Å². The van der Waals surface area contributed by atoms with Gasteiger partial charge in [-0.1, -0.05) is 12.1 Å². The number of carbonyl (C=O) groups is 2. The molecule has 1 rings (SSSR count). The van der Waals surface area contributed by atoms with E-state index in [0.717, 1.165) is 0 Å². The number of amides is 2. The molecule has 8 heteroatoms. The Kier molecular flexibility index (Phi) is 6.21. The van der Waals surface area contributed by atoms with Crippen molar-refractivity contribution in [2.24, 2.45) is 0 Å². The molecule has 0 aliphatic carbocycles. The second-order valence-corrected chi connectivity index (χ2v) is 3.59. The van der Waals surface area contributed by atoms with Gasteiger partial charge in [-0.2, -0.15) is 8.78 Å². The first kappa shape index (κ1) is 15.7. The molecule has 20 heavy (non-hydrogen) atoms. The van der Waals surface area contributed by atoms with Gasteiger partial charge in [-0.05, 0) is 24.6 Å². The third kappa shape index (κ3) is 5.98. The molecule has 1 aromatic rings. The quantitative estimate of drug-likeness (QED) is 0.807. The molecule has 1 aromatic carbocycles. The van der Waals surface area contributed by atoms with Crippen LogP contribution in [0.4, 0.5) is 13.6 Å². The molecule has 6 nitrogen and oxygen atoms in total. The number of rotatable bonds is 5. The molecule has 0 atom stereocenters. The number of alkyl halides is 2. The lowest BCUT2D eigenvalue weighted by Crippen LogP contribution is -2.42. The van der Waals surface area contributed by atoms with Gasteiger partial charge in [-0.15, -0.1) is 0 Å². The van der Waals surface area contributed by atoms with Crippen molar-refractivity contribution < 1.29 is 27.8 Å². The van der Waals surface area contributed by atoms with Gasteiger partial charge >= 0.3 is 12.7 Å². The molecule has 0 aromatic heterocycles. The Balaban J connectivity index is 2.40. The zero-order valence-corrected chi connectivity index (χ0v) is 10.7. The lowest BCUT2D eigenvalue weighted by Gasteiger charge is -2.08. The number of hydrogen-bond acceptors (Lipinski definition) is 4. The third-order valence-corrected chi connectivity index (χ3v) is 2.09. The predicted molar refractivity (Wildman–Crippen MR) is 65.1 cm³/mol. The Morgan fingerprint density at radius 2 is 1.85 bits per heavy atom. The Hall–Kier alpha value is -2.38. The van der Waals surface area contributed by atoms with Gasteiger partial charge in [0, 0.05) is 0 Å². The van der Waals surface area contributed by atoms with Crippen molar-refractivity contribution in [1.82, 2.24) is 10.9 Å². The fraction of sp³-hybridized carbons (Fsp3) is 0.333. The van der Waals surface area contributed by atoms with Gasteiger partial charge in [0.1, 0.15) is 5.75 Å². The van der Waals surface area contributed by atoms with E-state index in [4.69, 9.17) is 0 Å². The van der Waals surface area contributed by atoms with Crippen LogP contribution in [-0.2, 0) is 16.0 Å². The zero-order valence-electron chi connectivity index (χ0n) is 10.7. The van der Waals surface area contributed by atoms with Crippen LogP contribution in [0.2, 0.25) is 0 Å². The van der Waals surface area contributed by atoms with Crippen LogP contribution in [0.3, 0.4) is 0 Å². The highest BCUT2D eigenvalue weighted by Gasteiger charge is 2.07. The third-order valence-electron chi connectivity index (χ3n) is 2.09. The number of halogens is 2. The molecule has 2 amide bonds. The summed E-state index contributed by atoms with van der Waals surface area (Å²) in [6.07, 6.45) is -0.789. The topological polar surface area (TPSA) is 76.7 Å². The van der Waals surface area contributed by atoms with Crippen LogP contribution >= 0.6 is 0 Å². The van der Waals surface area contributed by atoms with Crippen LogP contribution in [0.15, 0.2) is 24.3 Å². The molecule has 0 fully saturated rings. The SMILES string of the molecule is CCOC(=O)NNC(=O)Cc1ccc(OC(F)F)cc1. The molecule has 2 N–H and O–H groups in total. The summed E-state index contributed by atoms with van der Waals surface area (Å²) in [5.74, 6) is -0.464. The van der Waals surface area contributed by atoms with Crippen molar-refractivity contribution in [1.29, 1.82) is 0 Å². The van der Waals surface area contributed by atoms with E-state index in [1.54, 1.807) is 6.92 Å². The van der Waals surface area contributed by atoms with Crippen molar-refractivity contribution in [2.45, 2.75) is 20.0 Å². The van der Waals surface area contributed by atoms with Crippen LogP contribution in [0.5, 0.6) is 5.75 Å². The average molecular weight is 288 g/mol. The Morgan fingerprint density at radius 3 is 2.40 bits per heavy atom. The Morgan fingerprint density at radius 1 is 1.20 bits per heavy atom. The van der Waals surface area contributed by atoms with Gasteiger partial charge in [0.2, 0.25) is 5.91 Å². The minimum Gasteiger partial charge on any atom is -0.449 e. The molecule has 0 heterocycles. The van der Waals surface area contributed by atoms with E-state index in [9.17, 15) is 18.4 Å². The standard InChI is InChI=1S/C12H14F2N2O4/c1-2-19-12(18)16-15-10(17)7-8-3-5-9(6-4-8)20-11(13)14/h3-6,11H,2,7H2,1H3,(H,15,17)(H,16,18). The number of hydrogen-bond donors (Lipinski definition) is 2. The van der Waals surface area contributed by atoms with Crippen LogP contribution in [0.25, 0.3) is 0 Å². The molecular weight excluding hydrogens is 274 g/mol. The lowest BCUT2D eigenvalue weighted by molar-refractivity contribution is -0.121. The summed E-state index contributed by atoms with van der Waals surface area (Å²) in [5.41, 5.74) is 4.78. The second kappa shape index (κ2) is 7.93. The average Bonchev–Trinajstić information content (AvgIpc) is 2.38. The molecule has 0 saturated carbocycles. The van der Waals surface area contributed by atoms with E-state index < -0.39 is 18.6 Å². The zero-order chi connectivity index (χ0) is 15.0. The Labute approximate surface area is 114 Å². The van der Waals surface area contributed by atoms with E-state index in [1.807, 2.05) is 0 Å². The highest BCUT2D eigenvalue weighted by molar-refractivity contribution is 5.80. The molecule has 110 valence electrons. The number of hydrazine groups is 1. The first-order valence-electron chi connectivity index (χ1n) is 5.76. The maximum atomic E-state index is 11.9. The van der Waals surface area contributed by atoms with Crippen molar-refractivity contribution in [3.63, 3.8) is 0 Å². The summed E-state index contributed by atoms with van der Waals surface area (Å²) in [6, 6.07) is 5.60. The van der Waals surface area contributed by atoms with Gasteiger partial charge in [0.05, 0.1) is 13.0 Å². The number of ether oxygens (including phenoxy) is 2. The smallest absolute Gasteiger partial charge is 0.426 e. The van der Waals surface area contributed by atoms with Gasteiger partial charge < -0.3 is 9.47 Å². The Bertz CT molecular complexity index is 451. The summed E-state index contributed by atoms with van der Waals surface area (Å²) in [6.45, 7) is -1.07. The van der Waals surface area contributed by atoms with E-state index in [-0.39, 0.29) is 18.8 Å². The molecule has 0 saturated heterocycles. The first-order valence-corrected chi connectivity index (χ1v) is 5.76.